The van der Waals surface area contributed by atoms with E-state index in [1.165, 1.54) is 0 Å². The highest BCUT2D eigenvalue weighted by molar-refractivity contribution is 5.66. The van der Waals surface area contributed by atoms with E-state index in [9.17, 15) is 0 Å². The molecule has 0 aliphatic carbocycles. The summed E-state index contributed by atoms with van der Waals surface area (Å²) < 4.78 is 182. The van der Waals surface area contributed by atoms with Gasteiger partial charge >= 0.3 is 0 Å². The molecule has 0 spiro atoms. The maximum absolute atomic E-state index is 8.45. The summed E-state index contributed by atoms with van der Waals surface area (Å²) in [4.78, 5) is 0. The summed E-state index contributed by atoms with van der Waals surface area (Å²) in [5.41, 5.74) is 2.18. The maximum Gasteiger partial charge on any atom is 0.0632 e. The fourth-order valence-electron chi connectivity index (χ4n) is 4.85. The van der Waals surface area contributed by atoms with Crippen molar-refractivity contribution in [3.8, 4) is 33.4 Å². The molecule has 0 N–H and O–H groups in total. The third-order valence-corrected chi connectivity index (χ3v) is 8.33. The van der Waals surface area contributed by atoms with Gasteiger partial charge in [0.15, 0.2) is 0 Å². The monoisotopic (exact) mass is 788 g/mol. The Balaban J connectivity index is 0.000000236. The van der Waals surface area contributed by atoms with Crippen LogP contribution in [0.3, 0.4) is 0 Å². The fraction of sp³-hybridized carbons (Fsp3) is 0.276. The van der Waals surface area contributed by atoms with Crippen LogP contribution in [0.1, 0.15) is 137 Å². The zero-order chi connectivity index (χ0) is 62.4. The molecule has 300 valence electrons. The van der Waals surface area contributed by atoms with Crippen molar-refractivity contribution >= 4 is 0 Å². The van der Waals surface area contributed by atoms with Crippen molar-refractivity contribution in [2.24, 2.45) is 0 Å². The van der Waals surface area contributed by atoms with Crippen molar-refractivity contribution in [2.45, 2.75) is 105 Å². The molecule has 0 aliphatic heterocycles. The van der Waals surface area contributed by atoms with Crippen molar-refractivity contribution in [1.29, 1.82) is 0 Å². The molecule has 7 rings (SSSR count). The van der Waals surface area contributed by atoms with Crippen molar-refractivity contribution in [3.05, 3.63) is 216 Å². The van der Waals surface area contributed by atoms with Crippen molar-refractivity contribution in [1.82, 2.24) is 0 Å². The minimum atomic E-state index is -0.681. The SMILES string of the molecule is [2H]c1c([2H])c(-c2ccccc2)c([2H])c(C(C)(C)C)c1[2H].[2H]c1c([2H])c([2H])c(-c2c([2H])c([2H])c([2H])c(C(C)(C)C)c2[2H])c([2H])c1[2H].[2H]c1c([2H])c([2H])c(-c2cccc(C(C)(C)C)c2)c([2H])c1[2H].[2H]c1c([2H])c([2H])c(C(C)(C)C)c([2H])c1[2H]. The summed E-state index contributed by atoms with van der Waals surface area (Å²) in [5, 5.41) is 0. The van der Waals surface area contributed by atoms with E-state index in [1.54, 1.807) is 26.8 Å². The normalized spacial score (nSPS) is 17.0. The minimum Gasteiger partial charge on any atom is -0.0622 e. The first kappa shape index (κ1) is 22.6. The van der Waals surface area contributed by atoms with Gasteiger partial charge in [0.1, 0.15) is 0 Å². The molecule has 7 aromatic carbocycles. The first-order valence-corrected chi connectivity index (χ1v) is 19.0. The summed E-state index contributed by atoms with van der Waals surface area (Å²) in [6.45, 7) is 22.8. The predicted octanol–water partition coefficient (Wildman–Crippen LogP) is 16.9. The van der Waals surface area contributed by atoms with Gasteiger partial charge in [-0.05, 0) is 77.3 Å². The van der Waals surface area contributed by atoms with Crippen LogP contribution in [-0.2, 0) is 21.7 Å². The summed E-state index contributed by atoms with van der Waals surface area (Å²) >= 11 is 0. The standard InChI is InChI=1S/3C16H18.C10H14/c3*1-16(2,3)15-11-7-10-14(12-15)13-8-5-4-6-9-13;1-10(2,3)9-7-5-4-6-8-9/h3*4-12H,1-3H3;4-8H,1-3H3/i4D,5D,6D,7D,8D,9D,10D,11D,12D;4D,5D,6D,8D,9D;7D,10D,11D,12D;4D,5D,6D,7D,8D. The molecule has 0 unspecified atom stereocenters. The van der Waals surface area contributed by atoms with Crippen LogP contribution in [0.2, 0.25) is 0 Å². The summed E-state index contributed by atoms with van der Waals surface area (Å²) in [6, 6.07) is 10.3. The highest BCUT2D eigenvalue weighted by atomic mass is 14.2. The molecular formula is C58H68. The van der Waals surface area contributed by atoms with Crippen molar-refractivity contribution < 1.29 is 31.5 Å². The summed E-state index contributed by atoms with van der Waals surface area (Å²) in [5.74, 6) is 0. The average Bonchev–Trinajstić information content (AvgIpc) is 3.43. The van der Waals surface area contributed by atoms with E-state index in [4.69, 9.17) is 31.5 Å². The third-order valence-electron chi connectivity index (χ3n) is 8.33. The molecule has 0 aliphatic rings. The predicted molar refractivity (Wildman–Crippen MR) is 257 cm³/mol. The van der Waals surface area contributed by atoms with E-state index >= 15 is 0 Å². The van der Waals surface area contributed by atoms with Gasteiger partial charge in [0.2, 0.25) is 0 Å². The topological polar surface area (TPSA) is 0 Å². The Morgan fingerprint density at radius 1 is 0.276 bits per heavy atom. The minimum absolute atomic E-state index is 0.00724. The van der Waals surface area contributed by atoms with Crippen LogP contribution in [0, 0.1) is 0 Å². The second-order valence-corrected chi connectivity index (χ2v) is 17.4. The molecule has 0 nitrogen and oxygen atoms in total. The van der Waals surface area contributed by atoms with E-state index < -0.39 is 58.5 Å². The van der Waals surface area contributed by atoms with E-state index in [0.717, 1.165) is 11.1 Å². The quantitative estimate of drug-likeness (QED) is 0.167. The van der Waals surface area contributed by atoms with Gasteiger partial charge in [0.05, 0.1) is 31.5 Å². The fourth-order valence-corrected chi connectivity index (χ4v) is 4.85. The maximum atomic E-state index is 8.45. The van der Waals surface area contributed by atoms with E-state index in [0.29, 0.717) is 22.3 Å². The number of hydrogen-bond donors (Lipinski definition) is 0. The van der Waals surface area contributed by atoms with Crippen molar-refractivity contribution in [3.63, 3.8) is 0 Å². The highest BCUT2D eigenvalue weighted by Crippen LogP contribution is 2.30. The van der Waals surface area contributed by atoms with Crippen LogP contribution in [-0.4, -0.2) is 0 Å². The molecule has 0 saturated carbocycles. The molecule has 0 heteroatoms. The molecule has 7 aromatic rings. The van der Waals surface area contributed by atoms with Gasteiger partial charge < -0.3 is 0 Å². The lowest BCUT2D eigenvalue weighted by Gasteiger charge is -2.19. The Bertz CT molecular complexity index is 3450. The van der Waals surface area contributed by atoms with Crippen LogP contribution in [0.25, 0.3) is 33.4 Å². The highest BCUT2D eigenvalue weighted by Gasteiger charge is 2.16. The van der Waals surface area contributed by atoms with Crippen LogP contribution in [0.15, 0.2) is 194 Å². The molecule has 0 radical (unpaired) electrons. The van der Waals surface area contributed by atoms with Gasteiger partial charge in [-0.3, -0.25) is 0 Å². The van der Waals surface area contributed by atoms with Crippen LogP contribution in [0.5, 0.6) is 0 Å². The number of hydrogen-bond acceptors (Lipinski definition) is 0. The van der Waals surface area contributed by atoms with Crippen LogP contribution in [0.4, 0.5) is 0 Å². The number of rotatable bonds is 3. The summed E-state index contributed by atoms with van der Waals surface area (Å²) in [6.07, 6.45) is 0. The second-order valence-electron chi connectivity index (χ2n) is 17.4. The lowest BCUT2D eigenvalue weighted by atomic mass is 9.85. The molecule has 0 aromatic heterocycles. The van der Waals surface area contributed by atoms with Gasteiger partial charge in [-0.2, -0.15) is 0 Å². The lowest BCUT2D eigenvalue weighted by molar-refractivity contribution is 0.590. The van der Waals surface area contributed by atoms with Crippen molar-refractivity contribution in [2.75, 3.05) is 0 Å². The third kappa shape index (κ3) is 14.5. The molecule has 0 atom stereocenters. The average molecular weight is 788 g/mol. The van der Waals surface area contributed by atoms with E-state index in [2.05, 4.69) is 20.8 Å². The molecule has 0 saturated heterocycles. The van der Waals surface area contributed by atoms with Crippen LogP contribution >= 0.6 is 0 Å². The lowest BCUT2D eigenvalue weighted by Crippen LogP contribution is -2.10. The molecule has 0 heterocycles. The molecule has 0 bridgehead atoms. The largest absolute Gasteiger partial charge is 0.0632 e. The Morgan fingerprint density at radius 2 is 0.621 bits per heavy atom. The van der Waals surface area contributed by atoms with Gasteiger partial charge in [-0.1, -0.05) is 277 Å². The summed E-state index contributed by atoms with van der Waals surface area (Å²) in [7, 11) is 0. The second kappa shape index (κ2) is 20.3. The molecule has 0 amide bonds. The molecule has 0 fully saturated rings. The number of benzene rings is 7. The Hall–Kier alpha value is -5.46. The van der Waals surface area contributed by atoms with E-state index in [1.807, 2.05) is 90.1 Å². The van der Waals surface area contributed by atoms with Crippen LogP contribution < -0.4 is 0 Å². The molecular weight excluding hydrogens is 697 g/mol. The van der Waals surface area contributed by atoms with Gasteiger partial charge in [-0.15, -0.1) is 0 Å². The Labute approximate surface area is 385 Å². The first-order chi connectivity index (χ1) is 36.9. The zero-order valence-electron chi connectivity index (χ0n) is 58.7. The van der Waals surface area contributed by atoms with Gasteiger partial charge in [0, 0.05) is 0 Å². The smallest absolute Gasteiger partial charge is 0.0622 e. The Morgan fingerprint density at radius 3 is 1.05 bits per heavy atom. The van der Waals surface area contributed by atoms with E-state index in [-0.39, 0.29) is 124 Å². The molecule has 58 heavy (non-hydrogen) atoms. The van der Waals surface area contributed by atoms with Gasteiger partial charge in [-0.25, -0.2) is 0 Å². The zero-order valence-corrected chi connectivity index (χ0v) is 35.7. The van der Waals surface area contributed by atoms with Gasteiger partial charge in [0.25, 0.3) is 0 Å². The Kier molecular flexibility index (Phi) is 7.92. The first-order valence-electron chi connectivity index (χ1n) is 30.5.